The van der Waals surface area contributed by atoms with Gasteiger partial charge in [0.2, 0.25) is 17.7 Å². The van der Waals surface area contributed by atoms with Gasteiger partial charge in [-0.3, -0.25) is 14.4 Å². The molecule has 1 rings (SSSR count). The molecule has 1 aromatic rings. The first-order chi connectivity index (χ1) is 12.8. The third kappa shape index (κ3) is 7.24. The van der Waals surface area contributed by atoms with Crippen molar-refractivity contribution in [1.82, 2.24) is 25.9 Å². The molecule has 0 aliphatic heterocycles. The van der Waals surface area contributed by atoms with Gasteiger partial charge >= 0.3 is 5.97 Å². The third-order valence-electron chi connectivity index (χ3n) is 3.43. The van der Waals surface area contributed by atoms with Gasteiger partial charge in [-0.15, -0.1) is 0 Å². The number of aliphatic hydroxyl groups is 1. The fourth-order valence-corrected chi connectivity index (χ4v) is 2.26. The lowest BCUT2D eigenvalue weighted by Gasteiger charge is -2.23. The highest BCUT2D eigenvalue weighted by atomic mass is 32.1. The maximum atomic E-state index is 12.4. The van der Waals surface area contributed by atoms with Crippen molar-refractivity contribution in [3.63, 3.8) is 0 Å². The highest BCUT2D eigenvalue weighted by Gasteiger charge is 2.29. The number of carboxylic acid groups (broad SMARTS) is 1. The van der Waals surface area contributed by atoms with Gasteiger partial charge in [0.15, 0.2) is 0 Å². The first-order valence-electron chi connectivity index (χ1n) is 7.84. The Labute approximate surface area is 159 Å². The van der Waals surface area contributed by atoms with E-state index in [0.717, 1.165) is 0 Å². The van der Waals surface area contributed by atoms with Crippen LogP contribution in [-0.4, -0.2) is 80.9 Å². The van der Waals surface area contributed by atoms with E-state index in [1.807, 2.05) is 0 Å². The number of carboxylic acids is 1. The van der Waals surface area contributed by atoms with Crippen LogP contribution >= 0.6 is 12.6 Å². The molecule has 0 radical (unpaired) electrons. The predicted molar refractivity (Wildman–Crippen MR) is 95.7 cm³/mol. The second-order valence-corrected chi connectivity index (χ2v) is 5.80. The number of aliphatic hydroxyl groups excluding tert-OH is 1. The van der Waals surface area contributed by atoms with Crippen molar-refractivity contribution >= 4 is 36.3 Å². The van der Waals surface area contributed by atoms with Crippen molar-refractivity contribution < 1.29 is 29.4 Å². The van der Waals surface area contributed by atoms with Crippen LogP contribution in [0.15, 0.2) is 12.5 Å². The van der Waals surface area contributed by atoms with Gasteiger partial charge in [-0.25, -0.2) is 9.78 Å². The van der Waals surface area contributed by atoms with Gasteiger partial charge in [0.05, 0.1) is 19.5 Å². The summed E-state index contributed by atoms with van der Waals surface area (Å²) in [6, 6.07) is -3.77. The minimum absolute atomic E-state index is 0.0283. The predicted octanol–water partition coefficient (Wildman–Crippen LogP) is -3.63. The summed E-state index contributed by atoms with van der Waals surface area (Å²) < 4.78 is 0. The molecule has 3 unspecified atom stereocenters. The van der Waals surface area contributed by atoms with Gasteiger partial charge in [-0.05, 0) is 0 Å². The summed E-state index contributed by atoms with van der Waals surface area (Å²) in [5.74, 6) is -3.60. The Morgan fingerprint density at radius 3 is 2.26 bits per heavy atom. The standard InChI is InChI=1S/C14H22N6O6S/c15-2-11(22)18-10(5-27)13(24)19-8(1-7-3-16-6-17-7)12(23)20-9(4-21)14(25)26/h3,6,8-10,21,27H,1-2,4-5,15H2,(H,16,17)(H,18,22)(H,19,24)(H,20,23)(H,25,26). The number of hydrogen-bond acceptors (Lipinski definition) is 8. The first-order valence-corrected chi connectivity index (χ1v) is 8.47. The summed E-state index contributed by atoms with van der Waals surface area (Å²) in [5, 5.41) is 24.9. The molecule has 8 N–H and O–H groups in total. The second kappa shape index (κ2) is 11.2. The number of aromatic amines is 1. The molecule has 0 aromatic carbocycles. The molecule has 1 aromatic heterocycles. The third-order valence-corrected chi connectivity index (χ3v) is 3.79. The summed E-state index contributed by atoms with van der Waals surface area (Å²) in [7, 11) is 0. The molecule has 150 valence electrons. The van der Waals surface area contributed by atoms with Gasteiger partial charge in [-0.1, -0.05) is 0 Å². The Morgan fingerprint density at radius 1 is 1.15 bits per heavy atom. The Kier molecular flexibility index (Phi) is 9.25. The van der Waals surface area contributed by atoms with Gasteiger partial charge in [0.25, 0.3) is 0 Å². The number of amides is 3. The highest BCUT2D eigenvalue weighted by molar-refractivity contribution is 7.80. The molecule has 0 bridgehead atoms. The zero-order chi connectivity index (χ0) is 20.4. The smallest absolute Gasteiger partial charge is 0.328 e. The van der Waals surface area contributed by atoms with Crippen LogP contribution in [-0.2, 0) is 25.6 Å². The number of carbonyl (C=O) groups excluding carboxylic acids is 3. The number of rotatable bonds is 11. The lowest BCUT2D eigenvalue weighted by Crippen LogP contribution is -2.57. The maximum Gasteiger partial charge on any atom is 0.328 e. The second-order valence-electron chi connectivity index (χ2n) is 5.43. The molecule has 0 saturated carbocycles. The van der Waals surface area contributed by atoms with Crippen LogP contribution in [0.25, 0.3) is 0 Å². The molecule has 1 heterocycles. The molecule has 3 atom stereocenters. The highest BCUT2D eigenvalue weighted by Crippen LogP contribution is 2.01. The van der Waals surface area contributed by atoms with Crippen LogP contribution in [0.2, 0.25) is 0 Å². The van der Waals surface area contributed by atoms with E-state index in [2.05, 4.69) is 38.5 Å². The van der Waals surface area contributed by atoms with E-state index in [1.54, 1.807) is 0 Å². The van der Waals surface area contributed by atoms with Gasteiger partial charge < -0.3 is 36.9 Å². The maximum absolute atomic E-state index is 12.4. The van der Waals surface area contributed by atoms with E-state index in [-0.39, 0.29) is 18.7 Å². The molecule has 13 heteroatoms. The van der Waals surface area contributed by atoms with E-state index < -0.39 is 48.4 Å². The number of aliphatic carboxylic acids is 1. The summed E-state index contributed by atoms with van der Waals surface area (Å²) in [6.07, 6.45) is 2.77. The number of imidazole rings is 1. The number of H-pyrrole nitrogens is 1. The van der Waals surface area contributed by atoms with E-state index in [4.69, 9.17) is 15.9 Å². The largest absolute Gasteiger partial charge is 0.480 e. The molecule has 0 spiro atoms. The minimum atomic E-state index is -1.53. The van der Waals surface area contributed by atoms with Crippen molar-refractivity contribution in [3.05, 3.63) is 18.2 Å². The monoisotopic (exact) mass is 402 g/mol. The van der Waals surface area contributed by atoms with E-state index >= 15 is 0 Å². The van der Waals surface area contributed by atoms with Crippen molar-refractivity contribution in [2.24, 2.45) is 5.73 Å². The minimum Gasteiger partial charge on any atom is -0.480 e. The molecule has 0 aliphatic carbocycles. The fourth-order valence-electron chi connectivity index (χ4n) is 2.00. The zero-order valence-corrected chi connectivity index (χ0v) is 15.1. The number of nitrogens with one attached hydrogen (secondary N) is 4. The molecule has 0 saturated heterocycles. The molecule has 27 heavy (non-hydrogen) atoms. The van der Waals surface area contributed by atoms with Gasteiger partial charge in [0, 0.05) is 24.1 Å². The number of carbonyl (C=O) groups is 4. The number of thiol groups is 1. The van der Waals surface area contributed by atoms with Crippen molar-refractivity contribution in [1.29, 1.82) is 0 Å². The normalized spacial score (nSPS) is 13.9. The Hall–Kier alpha value is -2.64. The van der Waals surface area contributed by atoms with Gasteiger partial charge in [-0.2, -0.15) is 12.6 Å². The average Bonchev–Trinajstić information content (AvgIpc) is 3.15. The number of nitrogens with zero attached hydrogens (tertiary/aromatic N) is 1. The van der Waals surface area contributed by atoms with Crippen molar-refractivity contribution in [2.45, 2.75) is 24.5 Å². The zero-order valence-electron chi connectivity index (χ0n) is 14.2. The number of hydrogen-bond donors (Lipinski definition) is 8. The van der Waals surface area contributed by atoms with Crippen LogP contribution < -0.4 is 21.7 Å². The molecule has 12 nitrogen and oxygen atoms in total. The van der Waals surface area contributed by atoms with E-state index in [1.165, 1.54) is 12.5 Å². The molecule has 0 aliphatic rings. The summed E-state index contributed by atoms with van der Waals surface area (Å²) in [4.78, 5) is 53.7. The van der Waals surface area contributed by atoms with Crippen LogP contribution in [0.1, 0.15) is 5.69 Å². The van der Waals surface area contributed by atoms with E-state index in [0.29, 0.717) is 5.69 Å². The van der Waals surface area contributed by atoms with Crippen LogP contribution in [0.3, 0.4) is 0 Å². The number of nitrogens with two attached hydrogens (primary N) is 1. The van der Waals surface area contributed by atoms with Crippen LogP contribution in [0.5, 0.6) is 0 Å². The first kappa shape index (κ1) is 22.4. The van der Waals surface area contributed by atoms with Gasteiger partial charge in [0.1, 0.15) is 18.1 Å². The molecular weight excluding hydrogens is 380 g/mol. The Bertz CT molecular complexity index is 655. The lowest BCUT2D eigenvalue weighted by atomic mass is 10.1. The van der Waals surface area contributed by atoms with Crippen molar-refractivity contribution in [3.8, 4) is 0 Å². The Balaban J connectivity index is 2.90. The summed E-state index contributed by atoms with van der Waals surface area (Å²) >= 11 is 3.99. The quantitative estimate of drug-likeness (QED) is 0.173. The molecule has 0 fully saturated rings. The molecule has 3 amide bonds. The van der Waals surface area contributed by atoms with Crippen LogP contribution in [0.4, 0.5) is 0 Å². The summed E-state index contributed by atoms with van der Waals surface area (Å²) in [5.41, 5.74) is 5.69. The van der Waals surface area contributed by atoms with Crippen molar-refractivity contribution in [2.75, 3.05) is 18.9 Å². The topological polar surface area (TPSA) is 200 Å². The Morgan fingerprint density at radius 2 is 1.78 bits per heavy atom. The SMILES string of the molecule is NCC(=O)NC(CS)C(=O)NC(Cc1cnc[nH]1)C(=O)NC(CO)C(=O)O. The number of aromatic nitrogens is 2. The average molecular weight is 402 g/mol. The van der Waals surface area contributed by atoms with E-state index in [9.17, 15) is 19.2 Å². The molecular formula is C14H22N6O6S. The lowest BCUT2D eigenvalue weighted by molar-refractivity contribution is -0.143. The summed E-state index contributed by atoms with van der Waals surface area (Å²) in [6.45, 7) is -1.15. The fraction of sp³-hybridized carbons (Fsp3) is 0.500. The van der Waals surface area contributed by atoms with Crippen LogP contribution in [0, 0.1) is 0 Å².